The minimum atomic E-state index is -1.13. The number of carbonyl (C=O) groups is 2. The second-order valence-corrected chi connectivity index (χ2v) is 8.31. The predicted molar refractivity (Wildman–Crippen MR) is 124 cm³/mol. The summed E-state index contributed by atoms with van der Waals surface area (Å²) in [6.45, 7) is 3.94. The third-order valence-corrected chi connectivity index (χ3v) is 6.06. The van der Waals surface area contributed by atoms with Gasteiger partial charge in [-0.15, -0.1) is 11.3 Å². The zero-order chi connectivity index (χ0) is 22.5. The van der Waals surface area contributed by atoms with Crippen LogP contribution in [-0.4, -0.2) is 53.3 Å². The molecule has 166 valence electrons. The topological polar surface area (TPSA) is 130 Å². The molecule has 5 N–H and O–H groups in total. The van der Waals surface area contributed by atoms with Crippen LogP contribution in [0.5, 0.6) is 0 Å². The van der Waals surface area contributed by atoms with Crippen molar-refractivity contribution in [2.45, 2.75) is 6.54 Å². The van der Waals surface area contributed by atoms with Crippen molar-refractivity contribution < 1.29 is 19.4 Å². The molecule has 3 aromatic rings. The summed E-state index contributed by atoms with van der Waals surface area (Å²) in [5.41, 5.74) is 8.21. The number of amides is 2. The van der Waals surface area contributed by atoms with Crippen molar-refractivity contribution >= 4 is 39.8 Å². The lowest BCUT2D eigenvalue weighted by molar-refractivity contribution is 0.0337. The second kappa shape index (κ2) is 9.77. The Bertz CT molecular complexity index is 1110. The van der Waals surface area contributed by atoms with Gasteiger partial charge in [0.05, 0.1) is 24.5 Å². The first kappa shape index (κ1) is 21.8. The molecule has 1 aliphatic rings. The highest BCUT2D eigenvalue weighted by molar-refractivity contribution is 7.19. The Kier molecular flexibility index (Phi) is 6.64. The lowest BCUT2D eigenvalue weighted by Gasteiger charge is -2.26. The minimum Gasteiger partial charge on any atom is -0.465 e. The molecule has 0 atom stereocenters. The summed E-state index contributed by atoms with van der Waals surface area (Å²) in [6.07, 6.45) is -1.13. The molecule has 1 saturated heterocycles. The zero-order valence-corrected chi connectivity index (χ0v) is 18.0. The summed E-state index contributed by atoms with van der Waals surface area (Å²) in [7, 11) is 0. The van der Waals surface area contributed by atoms with E-state index in [4.69, 9.17) is 15.6 Å². The maximum Gasteiger partial charge on any atom is 0.409 e. The van der Waals surface area contributed by atoms with Gasteiger partial charge < -0.3 is 20.9 Å². The average Bonchev–Trinajstić information content (AvgIpc) is 3.19. The fraction of sp³-hybridized carbons (Fsp3) is 0.227. The Hall–Kier alpha value is -3.47. The first-order chi connectivity index (χ1) is 15.5. The third-order valence-electron chi connectivity index (χ3n) is 4.96. The van der Waals surface area contributed by atoms with Gasteiger partial charge in [0.1, 0.15) is 10.8 Å². The summed E-state index contributed by atoms with van der Waals surface area (Å²) in [5, 5.41) is 15.0. The fourth-order valence-electron chi connectivity index (χ4n) is 3.39. The highest BCUT2D eigenvalue weighted by atomic mass is 32.1. The van der Waals surface area contributed by atoms with Crippen molar-refractivity contribution in [2.24, 2.45) is 5.73 Å². The molecular formula is C22H23N5O4S. The van der Waals surface area contributed by atoms with Gasteiger partial charge in [-0.3, -0.25) is 15.0 Å². The largest absolute Gasteiger partial charge is 0.465 e. The van der Waals surface area contributed by atoms with Crippen LogP contribution in [0.3, 0.4) is 0 Å². The van der Waals surface area contributed by atoms with Crippen molar-refractivity contribution in [3.05, 3.63) is 59.8 Å². The molecule has 9 nitrogen and oxygen atoms in total. The van der Waals surface area contributed by atoms with Crippen molar-refractivity contribution in [3.8, 4) is 10.4 Å². The number of rotatable bonds is 7. The molecule has 0 spiro atoms. The number of nitrogens with zero attached hydrogens (tertiary/aromatic N) is 2. The second-order valence-electron chi connectivity index (χ2n) is 7.25. The van der Waals surface area contributed by atoms with E-state index in [0.29, 0.717) is 22.1 Å². The van der Waals surface area contributed by atoms with Crippen LogP contribution in [0.1, 0.15) is 16.1 Å². The van der Waals surface area contributed by atoms with Crippen LogP contribution >= 0.6 is 11.3 Å². The summed E-state index contributed by atoms with van der Waals surface area (Å²) in [5.74, 6) is 0.0938. The maximum absolute atomic E-state index is 12.0. The van der Waals surface area contributed by atoms with Gasteiger partial charge in [0.25, 0.3) is 5.91 Å². The van der Waals surface area contributed by atoms with Crippen molar-refractivity contribution in [2.75, 3.05) is 36.9 Å². The fourth-order valence-corrected chi connectivity index (χ4v) is 4.47. The van der Waals surface area contributed by atoms with Gasteiger partial charge in [-0.05, 0) is 35.9 Å². The summed E-state index contributed by atoms with van der Waals surface area (Å²) in [4.78, 5) is 30.6. The highest BCUT2D eigenvalue weighted by Gasteiger charge is 2.16. The van der Waals surface area contributed by atoms with Crippen LogP contribution in [0.15, 0.2) is 48.5 Å². The Morgan fingerprint density at radius 2 is 1.91 bits per heavy atom. The molecule has 1 aromatic carbocycles. The van der Waals surface area contributed by atoms with E-state index in [9.17, 15) is 9.59 Å². The van der Waals surface area contributed by atoms with Crippen LogP contribution in [0.2, 0.25) is 0 Å². The van der Waals surface area contributed by atoms with Crippen LogP contribution < -0.4 is 16.4 Å². The summed E-state index contributed by atoms with van der Waals surface area (Å²) < 4.78 is 5.39. The number of pyridine rings is 1. The van der Waals surface area contributed by atoms with Crippen LogP contribution in [0, 0.1) is 0 Å². The molecular weight excluding hydrogens is 430 g/mol. The number of benzene rings is 1. The maximum atomic E-state index is 12.0. The third kappa shape index (κ3) is 5.41. The molecule has 4 rings (SSSR count). The van der Waals surface area contributed by atoms with E-state index in [-0.39, 0.29) is 0 Å². The molecule has 0 bridgehead atoms. The lowest BCUT2D eigenvalue weighted by Crippen LogP contribution is -2.35. The smallest absolute Gasteiger partial charge is 0.409 e. The van der Waals surface area contributed by atoms with Gasteiger partial charge in [-0.1, -0.05) is 18.2 Å². The van der Waals surface area contributed by atoms with Crippen molar-refractivity contribution in [3.63, 3.8) is 0 Å². The average molecular weight is 454 g/mol. The molecule has 0 saturated carbocycles. The van der Waals surface area contributed by atoms with Gasteiger partial charge >= 0.3 is 6.09 Å². The number of hydrogen-bond donors (Lipinski definition) is 4. The van der Waals surface area contributed by atoms with Gasteiger partial charge in [-0.2, -0.15) is 0 Å². The number of nitrogens with two attached hydrogens (primary N) is 1. The van der Waals surface area contributed by atoms with Crippen LogP contribution in [0.4, 0.5) is 21.3 Å². The van der Waals surface area contributed by atoms with Gasteiger partial charge in [0.2, 0.25) is 0 Å². The number of anilines is 3. The molecule has 1 fully saturated rings. The first-order valence-electron chi connectivity index (χ1n) is 10.0. The number of hydrogen-bond acceptors (Lipinski definition) is 7. The SMILES string of the molecule is NC(=O)c1cc(-c2ccc(NC(=O)O)cc2)sc1Nc1cccc(CN2CCOCC2)n1. The van der Waals surface area contributed by atoms with Crippen LogP contribution in [-0.2, 0) is 11.3 Å². The molecule has 3 heterocycles. The van der Waals surface area contributed by atoms with E-state index in [2.05, 4.69) is 20.5 Å². The molecule has 10 heteroatoms. The number of morpholine rings is 1. The molecule has 0 radical (unpaired) electrons. The van der Waals surface area contributed by atoms with Crippen LogP contribution in [0.25, 0.3) is 10.4 Å². The Balaban J connectivity index is 1.53. The van der Waals surface area contributed by atoms with E-state index in [1.165, 1.54) is 11.3 Å². The van der Waals surface area contributed by atoms with Gasteiger partial charge in [-0.25, -0.2) is 9.78 Å². The Morgan fingerprint density at radius 1 is 1.16 bits per heavy atom. The minimum absolute atomic E-state index is 0.373. The van der Waals surface area contributed by atoms with E-state index in [0.717, 1.165) is 49.0 Å². The molecule has 2 aromatic heterocycles. The monoisotopic (exact) mass is 453 g/mol. The Morgan fingerprint density at radius 3 is 2.59 bits per heavy atom. The number of primary amides is 1. The Labute approximate surface area is 188 Å². The van der Waals surface area contributed by atoms with Gasteiger partial charge in [0, 0.05) is 30.2 Å². The normalized spacial score (nSPS) is 14.1. The van der Waals surface area contributed by atoms with Crippen molar-refractivity contribution in [1.82, 2.24) is 9.88 Å². The molecule has 2 amide bonds. The number of thiophene rings is 1. The number of nitrogens with one attached hydrogen (secondary N) is 2. The predicted octanol–water partition coefficient (Wildman–Crippen LogP) is 3.57. The number of aromatic nitrogens is 1. The van der Waals surface area contributed by atoms with E-state index < -0.39 is 12.0 Å². The van der Waals surface area contributed by atoms with E-state index in [1.807, 2.05) is 18.2 Å². The van der Waals surface area contributed by atoms with E-state index in [1.54, 1.807) is 30.3 Å². The standard InChI is InChI=1S/C22H23N5O4S/c23-20(28)17-12-18(14-4-6-15(7-5-14)25-22(29)30)32-21(17)26-19-3-1-2-16(24-19)13-27-8-10-31-11-9-27/h1-7,12,25H,8-11,13H2,(H2,23,28)(H,24,26)(H,29,30). The number of carbonyl (C=O) groups excluding carboxylic acids is 1. The van der Waals surface area contributed by atoms with Gasteiger partial charge in [0.15, 0.2) is 0 Å². The van der Waals surface area contributed by atoms with Crippen molar-refractivity contribution in [1.29, 1.82) is 0 Å². The summed E-state index contributed by atoms with van der Waals surface area (Å²) >= 11 is 1.38. The zero-order valence-electron chi connectivity index (χ0n) is 17.2. The molecule has 0 aliphatic carbocycles. The quantitative estimate of drug-likeness (QED) is 0.430. The molecule has 1 aliphatic heterocycles. The first-order valence-corrected chi connectivity index (χ1v) is 10.9. The molecule has 32 heavy (non-hydrogen) atoms. The highest BCUT2D eigenvalue weighted by Crippen LogP contribution is 2.37. The number of carboxylic acid groups (broad SMARTS) is 1. The number of ether oxygens (including phenoxy) is 1. The lowest BCUT2D eigenvalue weighted by atomic mass is 10.1. The summed E-state index contributed by atoms with van der Waals surface area (Å²) in [6, 6.07) is 14.4. The van der Waals surface area contributed by atoms with E-state index >= 15 is 0 Å². The molecule has 0 unspecified atom stereocenters.